The average Bonchev–Trinajstić information content (AvgIpc) is 3.25. The summed E-state index contributed by atoms with van der Waals surface area (Å²) in [6.45, 7) is 0. The van der Waals surface area contributed by atoms with E-state index in [2.05, 4.69) is 0 Å². The minimum absolute atomic E-state index is 0.0325. The Morgan fingerprint density at radius 1 is 0.319 bits per heavy atom. The molecule has 222 valence electrons. The molecule has 0 aliphatic carbocycles. The largest absolute Gasteiger partial charge is 0.310 e. The lowest BCUT2D eigenvalue weighted by molar-refractivity contribution is 1.28. The van der Waals surface area contributed by atoms with Crippen molar-refractivity contribution in [2.75, 3.05) is 4.90 Å². The summed E-state index contributed by atoms with van der Waals surface area (Å²) in [5.74, 6) is 0. The lowest BCUT2D eigenvalue weighted by Crippen LogP contribution is -2.10. The van der Waals surface area contributed by atoms with Gasteiger partial charge in [-0.1, -0.05) is 158 Å². The van der Waals surface area contributed by atoms with Crippen LogP contribution in [0, 0.1) is 0 Å². The van der Waals surface area contributed by atoms with Gasteiger partial charge in [0.2, 0.25) is 0 Å². The van der Waals surface area contributed by atoms with Gasteiger partial charge < -0.3 is 4.90 Å². The van der Waals surface area contributed by atoms with Gasteiger partial charge in [0, 0.05) is 17.1 Å². The highest BCUT2D eigenvalue weighted by atomic mass is 15.1. The van der Waals surface area contributed by atoms with Gasteiger partial charge in [0.05, 0.1) is 16.4 Å². The average molecular weight is 612 g/mol. The molecule has 1 nitrogen and oxygen atoms in total. The fourth-order valence-corrected chi connectivity index (χ4v) is 5.46. The first kappa shape index (κ1) is 18.1. The van der Waals surface area contributed by atoms with Crippen LogP contribution >= 0.6 is 0 Å². The number of anilines is 3. The zero-order chi connectivity index (χ0) is 41.9. The Bertz CT molecular complexity index is 2890. The van der Waals surface area contributed by atoms with Crippen LogP contribution in [0.1, 0.15) is 16.4 Å². The molecule has 0 aliphatic heterocycles. The molecule has 0 saturated carbocycles. The molecule has 1 heteroatoms. The van der Waals surface area contributed by atoms with Gasteiger partial charge in [-0.25, -0.2) is 0 Å². The molecule has 0 amide bonds. The van der Waals surface area contributed by atoms with E-state index in [0.29, 0.717) is 16.7 Å². The Balaban J connectivity index is 1.44. The van der Waals surface area contributed by atoms with Crippen molar-refractivity contribution in [3.63, 3.8) is 0 Å². The third kappa shape index (κ3) is 5.95. The monoisotopic (exact) mass is 611 g/mol. The predicted octanol–water partition coefficient (Wildman–Crippen LogP) is 13.0. The van der Waals surface area contributed by atoms with Crippen LogP contribution in [-0.2, 0) is 0 Å². The molecule has 0 heterocycles. The predicted molar refractivity (Wildman–Crippen MR) is 200 cm³/mol. The van der Waals surface area contributed by atoms with Gasteiger partial charge in [-0.3, -0.25) is 0 Å². The van der Waals surface area contributed by atoms with E-state index in [1.807, 2.05) is 54.6 Å². The van der Waals surface area contributed by atoms with Crippen LogP contribution in [-0.4, -0.2) is 0 Å². The number of hydrogen-bond donors (Lipinski definition) is 0. The van der Waals surface area contributed by atoms with Crippen molar-refractivity contribution in [1.29, 1.82) is 0 Å². The first-order valence-electron chi connectivity index (χ1n) is 21.1. The summed E-state index contributed by atoms with van der Waals surface area (Å²) in [7, 11) is 0. The SMILES string of the molecule is [2H]c1c([2H])c(-c2ccc3ccccc3c2)c([2H])c(N(c2c([2H])c([2H])c(-c3ccccc3)c([2H])c2[2H])c2c([2H])c([2H])c(-c3ccc(-c4ccccc4)cc3)c([2H])c2[2H])c1[2H]. The Hall–Kier alpha value is -6.18. The van der Waals surface area contributed by atoms with Gasteiger partial charge in [0.1, 0.15) is 0 Å². The number of benzene rings is 8. The minimum atomic E-state index is -0.717. The van der Waals surface area contributed by atoms with Crippen LogP contribution in [0.3, 0.4) is 0 Å². The standard InChI is InChI=1S/C46H33N/c1-3-10-34(11-4-1)37-18-20-38(21-19-37)40-26-30-45(31-27-40)47(44-28-24-39(25-29-44)35-12-5-2-6-13-35)46-17-9-16-42(33-46)43-23-22-36-14-7-8-15-41(36)32-43/h1-33H/i9D,16D,17D,24D,25D,26D,27D,28D,29D,30D,31D,33D. The second kappa shape index (κ2) is 12.7. The highest BCUT2D eigenvalue weighted by molar-refractivity contribution is 5.89. The molecule has 8 rings (SSSR count). The molecule has 0 saturated heterocycles. The van der Waals surface area contributed by atoms with E-state index < -0.39 is 89.6 Å². The van der Waals surface area contributed by atoms with Gasteiger partial charge in [-0.15, -0.1) is 0 Å². The van der Waals surface area contributed by atoms with Crippen molar-refractivity contribution in [1.82, 2.24) is 0 Å². The number of nitrogens with zero attached hydrogens (tertiary/aromatic N) is 1. The lowest BCUT2D eigenvalue weighted by atomic mass is 9.99. The molecular formula is C46H33N. The molecule has 0 aliphatic rings. The second-order valence-corrected chi connectivity index (χ2v) is 10.9. The zero-order valence-electron chi connectivity index (χ0n) is 37.1. The third-order valence-corrected chi connectivity index (χ3v) is 7.89. The molecule has 0 unspecified atom stereocenters. The highest BCUT2D eigenvalue weighted by Crippen LogP contribution is 2.39. The summed E-state index contributed by atoms with van der Waals surface area (Å²) in [4.78, 5) is 0.880. The second-order valence-electron chi connectivity index (χ2n) is 10.9. The number of rotatable bonds is 7. The maximum Gasteiger partial charge on any atom is 0.0651 e. The van der Waals surface area contributed by atoms with E-state index in [9.17, 15) is 11.0 Å². The zero-order valence-corrected chi connectivity index (χ0v) is 25.1. The smallest absolute Gasteiger partial charge is 0.0651 e. The Morgan fingerprint density at radius 3 is 1.38 bits per heavy atom. The molecule has 0 atom stereocenters. The molecule has 0 aromatic heterocycles. The van der Waals surface area contributed by atoms with Crippen molar-refractivity contribution < 1.29 is 16.4 Å². The fraction of sp³-hybridized carbons (Fsp3) is 0. The summed E-state index contributed by atoms with van der Waals surface area (Å²) in [5, 5.41) is 1.65. The van der Waals surface area contributed by atoms with E-state index >= 15 is 0 Å². The Kier molecular flexibility index (Phi) is 4.88. The van der Waals surface area contributed by atoms with E-state index in [4.69, 9.17) is 5.48 Å². The first-order chi connectivity index (χ1) is 28.3. The van der Waals surface area contributed by atoms with Crippen LogP contribution in [0.25, 0.3) is 55.3 Å². The molecule has 8 aromatic carbocycles. The highest BCUT2D eigenvalue weighted by Gasteiger charge is 2.15. The van der Waals surface area contributed by atoms with Crippen molar-refractivity contribution >= 4 is 27.8 Å². The first-order valence-corrected chi connectivity index (χ1v) is 15.1. The number of hydrogen-bond acceptors (Lipinski definition) is 1. The van der Waals surface area contributed by atoms with Gasteiger partial charge in [-0.05, 0) is 97.6 Å². The molecule has 0 fully saturated rings. The Labute approximate surface area is 293 Å². The van der Waals surface area contributed by atoms with Crippen LogP contribution < -0.4 is 4.90 Å². The summed E-state index contributed by atoms with van der Waals surface area (Å²) < 4.78 is 111. The normalized spacial score (nSPS) is 14.6. The van der Waals surface area contributed by atoms with E-state index in [-0.39, 0.29) is 16.7 Å². The minimum Gasteiger partial charge on any atom is -0.310 e. The Morgan fingerprint density at radius 2 is 0.787 bits per heavy atom. The van der Waals surface area contributed by atoms with Crippen LogP contribution in [0.15, 0.2) is 200 Å². The molecule has 47 heavy (non-hydrogen) atoms. The third-order valence-electron chi connectivity index (χ3n) is 7.89. The lowest BCUT2D eigenvalue weighted by Gasteiger charge is -2.26. The summed E-state index contributed by atoms with van der Waals surface area (Å²) in [6.07, 6.45) is 0. The van der Waals surface area contributed by atoms with Gasteiger partial charge in [0.25, 0.3) is 0 Å². The summed E-state index contributed by atoms with van der Waals surface area (Å²) in [5.41, 5.74) is 1.15. The molecular weight excluding hydrogens is 567 g/mol. The molecule has 0 spiro atoms. The topological polar surface area (TPSA) is 3.24 Å². The molecule has 0 N–H and O–H groups in total. The van der Waals surface area contributed by atoms with Crippen molar-refractivity contribution in [3.05, 3.63) is 200 Å². The van der Waals surface area contributed by atoms with Crippen molar-refractivity contribution in [2.45, 2.75) is 0 Å². The molecule has 0 radical (unpaired) electrons. The maximum atomic E-state index is 9.64. The van der Waals surface area contributed by atoms with Crippen LogP contribution in [0.4, 0.5) is 17.1 Å². The van der Waals surface area contributed by atoms with Crippen molar-refractivity contribution in [3.8, 4) is 44.5 Å². The van der Waals surface area contributed by atoms with Crippen LogP contribution in [0.2, 0.25) is 0 Å². The number of fused-ring (bicyclic) bond motifs is 1. The molecule has 8 aromatic rings. The van der Waals surface area contributed by atoms with Gasteiger partial charge in [-0.2, -0.15) is 0 Å². The van der Waals surface area contributed by atoms with Gasteiger partial charge >= 0.3 is 0 Å². The summed E-state index contributed by atoms with van der Waals surface area (Å²) in [6, 6.07) is 30.7. The van der Waals surface area contributed by atoms with E-state index in [1.165, 1.54) is 0 Å². The van der Waals surface area contributed by atoms with E-state index in [0.717, 1.165) is 26.8 Å². The fourth-order valence-electron chi connectivity index (χ4n) is 5.46. The summed E-state index contributed by atoms with van der Waals surface area (Å²) >= 11 is 0. The maximum absolute atomic E-state index is 9.64. The quantitative estimate of drug-likeness (QED) is 0.173. The van der Waals surface area contributed by atoms with Gasteiger partial charge in [0.15, 0.2) is 0 Å². The van der Waals surface area contributed by atoms with E-state index in [1.54, 1.807) is 72.8 Å². The molecule has 0 bridgehead atoms. The van der Waals surface area contributed by atoms with Crippen molar-refractivity contribution in [2.24, 2.45) is 0 Å². The van der Waals surface area contributed by atoms with Crippen LogP contribution in [0.5, 0.6) is 0 Å².